The van der Waals surface area contributed by atoms with Crippen LogP contribution in [-0.2, 0) is 11.2 Å². The molecular formula is C17H19N7O. The molecule has 0 fully saturated rings. The van der Waals surface area contributed by atoms with Crippen LogP contribution in [0.3, 0.4) is 0 Å². The highest BCUT2D eigenvalue weighted by Gasteiger charge is 2.25. The van der Waals surface area contributed by atoms with Crippen molar-refractivity contribution in [1.29, 1.82) is 0 Å². The van der Waals surface area contributed by atoms with E-state index in [1.165, 1.54) is 6.33 Å². The quantitative estimate of drug-likeness (QED) is 0.699. The van der Waals surface area contributed by atoms with Crippen molar-refractivity contribution >= 4 is 34.3 Å². The van der Waals surface area contributed by atoms with Gasteiger partial charge in [-0.2, -0.15) is 0 Å². The van der Waals surface area contributed by atoms with Crippen molar-refractivity contribution < 1.29 is 4.79 Å². The van der Waals surface area contributed by atoms with Gasteiger partial charge in [0, 0.05) is 25.0 Å². The number of hydrogen-bond acceptors (Lipinski definition) is 6. The number of hydrogen-bond donors (Lipinski definition) is 2. The zero-order valence-corrected chi connectivity index (χ0v) is 13.9. The molecule has 2 aromatic heterocycles. The largest absolute Gasteiger partial charge is 0.398 e. The van der Waals surface area contributed by atoms with Gasteiger partial charge in [-0.25, -0.2) is 15.0 Å². The van der Waals surface area contributed by atoms with E-state index in [1.807, 2.05) is 35.0 Å². The van der Waals surface area contributed by atoms with E-state index in [-0.39, 0.29) is 12.5 Å². The fourth-order valence-corrected chi connectivity index (χ4v) is 3.32. The Bertz CT molecular complexity index is 936. The molecule has 1 aromatic carbocycles. The molecule has 8 nitrogen and oxygen atoms in total. The smallest absolute Gasteiger partial charge is 0.246 e. The van der Waals surface area contributed by atoms with Crippen LogP contribution in [0.5, 0.6) is 0 Å². The third kappa shape index (κ3) is 2.65. The van der Waals surface area contributed by atoms with Crippen LogP contribution >= 0.6 is 0 Å². The van der Waals surface area contributed by atoms with Crippen molar-refractivity contribution in [3.8, 4) is 0 Å². The van der Waals surface area contributed by atoms with E-state index in [0.29, 0.717) is 18.0 Å². The number of imidazole rings is 1. The molecule has 0 aliphatic carbocycles. The number of carbonyl (C=O) groups excluding carboxylic acids is 1. The molecule has 0 saturated heterocycles. The Morgan fingerprint density at radius 3 is 3.12 bits per heavy atom. The number of nitrogens with one attached hydrogen (secondary N) is 1. The van der Waals surface area contributed by atoms with Crippen LogP contribution in [0.4, 0.5) is 17.2 Å². The zero-order chi connectivity index (χ0) is 17.4. The number of nitrogens with zero attached hydrogens (tertiary/aromatic N) is 5. The molecule has 128 valence electrons. The molecule has 1 aliphatic heterocycles. The number of anilines is 3. The van der Waals surface area contributed by atoms with Crippen molar-refractivity contribution in [1.82, 2.24) is 19.9 Å². The zero-order valence-electron chi connectivity index (χ0n) is 13.9. The van der Waals surface area contributed by atoms with Gasteiger partial charge in [-0.3, -0.25) is 4.79 Å². The van der Waals surface area contributed by atoms with Gasteiger partial charge in [0.2, 0.25) is 5.91 Å². The minimum Gasteiger partial charge on any atom is -0.398 e. The number of aromatic amines is 1. The fourth-order valence-electron chi connectivity index (χ4n) is 3.32. The summed E-state index contributed by atoms with van der Waals surface area (Å²) in [6.07, 6.45) is 4.84. The van der Waals surface area contributed by atoms with Gasteiger partial charge in [-0.1, -0.05) is 6.07 Å². The second-order valence-electron chi connectivity index (χ2n) is 6.15. The van der Waals surface area contributed by atoms with E-state index >= 15 is 0 Å². The minimum atomic E-state index is 0.0142. The highest BCUT2D eigenvalue weighted by atomic mass is 16.2. The second kappa shape index (κ2) is 6.04. The Kier molecular flexibility index (Phi) is 3.72. The van der Waals surface area contributed by atoms with Crippen molar-refractivity contribution in [3.63, 3.8) is 0 Å². The summed E-state index contributed by atoms with van der Waals surface area (Å²) in [6.45, 7) is 0.908. The standard InChI is InChI=1S/C17H19N7O/c1-23(17-15-16(20-9-19-15)21-10-22-17)8-14(25)24-7-3-4-11-12(18)5-2-6-13(11)24/h2,5-6,9-10H,3-4,7-8,18H2,1H3,(H,19,20,21,22). The van der Waals surface area contributed by atoms with Gasteiger partial charge >= 0.3 is 0 Å². The van der Waals surface area contributed by atoms with Crippen LogP contribution in [0.25, 0.3) is 11.2 Å². The van der Waals surface area contributed by atoms with Gasteiger partial charge in [-0.15, -0.1) is 0 Å². The van der Waals surface area contributed by atoms with Crippen molar-refractivity contribution in [3.05, 3.63) is 36.4 Å². The summed E-state index contributed by atoms with van der Waals surface area (Å²) in [5.74, 6) is 0.668. The van der Waals surface area contributed by atoms with Crippen LogP contribution in [0.15, 0.2) is 30.9 Å². The normalized spacial score (nSPS) is 13.7. The number of nitrogen functional groups attached to an aromatic ring is 1. The number of amides is 1. The van der Waals surface area contributed by atoms with E-state index < -0.39 is 0 Å². The number of rotatable bonds is 3. The first-order valence-corrected chi connectivity index (χ1v) is 8.18. The summed E-state index contributed by atoms with van der Waals surface area (Å²) in [6, 6.07) is 5.73. The maximum Gasteiger partial charge on any atom is 0.246 e. The molecule has 0 bridgehead atoms. The van der Waals surface area contributed by atoms with Gasteiger partial charge < -0.3 is 20.5 Å². The highest BCUT2D eigenvalue weighted by Crippen LogP contribution is 2.31. The number of H-pyrrole nitrogens is 1. The van der Waals surface area contributed by atoms with E-state index in [1.54, 1.807) is 6.33 Å². The molecule has 1 aliphatic rings. The number of nitrogens with two attached hydrogens (primary N) is 1. The van der Waals surface area contributed by atoms with Crippen molar-refractivity contribution in [2.24, 2.45) is 0 Å². The molecular weight excluding hydrogens is 318 g/mol. The molecule has 0 spiro atoms. The van der Waals surface area contributed by atoms with E-state index in [4.69, 9.17) is 5.73 Å². The molecule has 4 rings (SSSR count). The lowest BCUT2D eigenvalue weighted by molar-refractivity contribution is -0.117. The van der Waals surface area contributed by atoms with Gasteiger partial charge in [-0.05, 0) is 30.5 Å². The van der Waals surface area contributed by atoms with E-state index in [0.717, 1.165) is 35.3 Å². The van der Waals surface area contributed by atoms with Gasteiger partial charge in [0.25, 0.3) is 0 Å². The van der Waals surface area contributed by atoms with Gasteiger partial charge in [0.15, 0.2) is 11.5 Å². The number of likely N-dealkylation sites (N-methyl/N-ethyl adjacent to an activating group) is 1. The molecule has 0 unspecified atom stereocenters. The first-order valence-electron chi connectivity index (χ1n) is 8.18. The minimum absolute atomic E-state index is 0.0142. The van der Waals surface area contributed by atoms with Crippen LogP contribution in [0, 0.1) is 0 Å². The Balaban J connectivity index is 1.59. The lowest BCUT2D eigenvalue weighted by Crippen LogP contribution is -2.42. The van der Waals surface area contributed by atoms with E-state index in [2.05, 4.69) is 19.9 Å². The molecule has 1 amide bonds. The average Bonchev–Trinajstić information content (AvgIpc) is 3.10. The molecule has 3 heterocycles. The van der Waals surface area contributed by atoms with Crippen molar-refractivity contribution in [2.45, 2.75) is 12.8 Å². The van der Waals surface area contributed by atoms with Gasteiger partial charge in [0.05, 0.1) is 12.9 Å². The first kappa shape index (κ1) is 15.4. The molecule has 3 aromatic rings. The predicted molar refractivity (Wildman–Crippen MR) is 96.5 cm³/mol. The van der Waals surface area contributed by atoms with Crippen LogP contribution in [-0.4, -0.2) is 46.0 Å². The number of carbonyl (C=O) groups is 1. The number of benzene rings is 1. The number of aromatic nitrogens is 4. The van der Waals surface area contributed by atoms with E-state index in [9.17, 15) is 4.79 Å². The SMILES string of the molecule is CN(CC(=O)N1CCCc2c(N)cccc21)c1ncnc2nc[nH]c12. The Hall–Kier alpha value is -3.16. The van der Waals surface area contributed by atoms with Crippen LogP contribution < -0.4 is 15.5 Å². The Labute approximate surface area is 144 Å². The molecule has 25 heavy (non-hydrogen) atoms. The summed E-state index contributed by atoms with van der Waals surface area (Å²) in [5, 5.41) is 0. The molecule has 0 radical (unpaired) electrons. The fraction of sp³-hybridized carbons (Fsp3) is 0.294. The topological polar surface area (TPSA) is 104 Å². The maximum absolute atomic E-state index is 12.9. The van der Waals surface area contributed by atoms with Crippen LogP contribution in [0.2, 0.25) is 0 Å². The number of fused-ring (bicyclic) bond motifs is 2. The maximum atomic E-state index is 12.9. The summed E-state index contributed by atoms with van der Waals surface area (Å²) >= 11 is 0. The summed E-state index contributed by atoms with van der Waals surface area (Å²) in [5.41, 5.74) is 10.1. The predicted octanol–water partition coefficient (Wildman–Crippen LogP) is 1.35. The average molecular weight is 337 g/mol. The summed E-state index contributed by atoms with van der Waals surface area (Å²) in [7, 11) is 1.84. The van der Waals surface area contributed by atoms with Gasteiger partial charge in [0.1, 0.15) is 11.8 Å². The molecule has 0 saturated carbocycles. The second-order valence-corrected chi connectivity index (χ2v) is 6.15. The first-order chi connectivity index (χ1) is 12.1. The highest BCUT2D eigenvalue weighted by molar-refractivity contribution is 5.99. The monoisotopic (exact) mass is 337 g/mol. The Morgan fingerprint density at radius 1 is 1.36 bits per heavy atom. The lowest BCUT2D eigenvalue weighted by Gasteiger charge is -2.31. The summed E-state index contributed by atoms with van der Waals surface area (Å²) < 4.78 is 0. The molecule has 8 heteroatoms. The van der Waals surface area contributed by atoms with Crippen LogP contribution in [0.1, 0.15) is 12.0 Å². The third-order valence-electron chi connectivity index (χ3n) is 4.52. The van der Waals surface area contributed by atoms with Crippen molar-refractivity contribution in [2.75, 3.05) is 35.7 Å². The summed E-state index contributed by atoms with van der Waals surface area (Å²) in [4.78, 5) is 32.1. The molecule has 0 atom stereocenters. The molecule has 3 N–H and O–H groups in total. The third-order valence-corrected chi connectivity index (χ3v) is 4.52. The Morgan fingerprint density at radius 2 is 2.24 bits per heavy atom. The lowest BCUT2D eigenvalue weighted by atomic mass is 10.00.